The summed E-state index contributed by atoms with van der Waals surface area (Å²) in [5, 5.41) is 2.86. The van der Waals surface area contributed by atoms with Crippen molar-refractivity contribution in [2.24, 2.45) is 5.92 Å². The fraction of sp³-hybridized carbons (Fsp3) is 0.368. The van der Waals surface area contributed by atoms with Crippen LogP contribution in [0, 0.1) is 11.7 Å². The van der Waals surface area contributed by atoms with E-state index in [-0.39, 0.29) is 36.9 Å². The van der Waals surface area contributed by atoms with Crippen molar-refractivity contribution in [1.82, 2.24) is 5.32 Å². The summed E-state index contributed by atoms with van der Waals surface area (Å²) in [6.45, 7) is -2.81. The molecule has 0 aromatic heterocycles. The summed E-state index contributed by atoms with van der Waals surface area (Å²) in [7, 11) is 0. The van der Waals surface area contributed by atoms with E-state index in [0.29, 0.717) is 0 Å². The first-order valence-corrected chi connectivity index (χ1v) is 7.40. The number of halogens is 1. The molecular weight excluding hydrogens is 309 g/mol. The quantitative estimate of drug-likeness (QED) is 0.928. The van der Waals surface area contributed by atoms with Gasteiger partial charge in [-0.1, -0.05) is 12.1 Å². The summed E-state index contributed by atoms with van der Waals surface area (Å²) >= 11 is 0. The first-order chi connectivity index (χ1) is 15.3. The smallest absolute Gasteiger partial charge is 0.231 e. The van der Waals surface area contributed by atoms with Crippen molar-refractivity contribution in [1.29, 1.82) is 0 Å². The molecule has 5 heteroatoms. The molecule has 1 saturated heterocycles. The topological polar surface area (TPSA) is 39.7 Å². The SMILES string of the molecule is [2H]c1c([2H])c([C@@]2([2H])C(COc3ccc4c(c3)OC([2H])([2H])O4)CNCC2([2H])[2H])c([2H])c([2H])c1F. The van der Waals surface area contributed by atoms with Crippen LogP contribution < -0.4 is 19.5 Å². The summed E-state index contributed by atoms with van der Waals surface area (Å²) < 4.78 is 103. The average Bonchev–Trinajstić information content (AvgIpc) is 3.05. The van der Waals surface area contributed by atoms with Gasteiger partial charge in [-0.25, -0.2) is 4.39 Å². The summed E-state index contributed by atoms with van der Waals surface area (Å²) in [5.74, 6) is -4.14. The van der Waals surface area contributed by atoms with Crippen LogP contribution in [0.5, 0.6) is 17.2 Å². The molecule has 0 bridgehead atoms. The summed E-state index contributed by atoms with van der Waals surface area (Å²) in [5.41, 5.74) is -0.530. The molecule has 2 heterocycles. The van der Waals surface area contributed by atoms with Crippen molar-refractivity contribution < 1.29 is 30.9 Å². The van der Waals surface area contributed by atoms with Gasteiger partial charge in [0.15, 0.2) is 11.5 Å². The van der Waals surface area contributed by atoms with Crippen molar-refractivity contribution in [3.05, 3.63) is 53.7 Å². The molecule has 2 aromatic rings. The Hall–Kier alpha value is -2.27. The first kappa shape index (κ1) is 8.21. The van der Waals surface area contributed by atoms with E-state index in [1.807, 2.05) is 0 Å². The van der Waals surface area contributed by atoms with Crippen LogP contribution in [0.3, 0.4) is 0 Å². The van der Waals surface area contributed by atoms with Gasteiger partial charge in [-0.15, -0.1) is 0 Å². The molecule has 126 valence electrons. The third-order valence-electron chi connectivity index (χ3n) is 3.74. The van der Waals surface area contributed by atoms with Crippen LogP contribution >= 0.6 is 0 Å². The fourth-order valence-electron chi connectivity index (χ4n) is 2.57. The molecule has 2 aromatic carbocycles. The third-order valence-corrected chi connectivity index (χ3v) is 3.74. The highest BCUT2D eigenvalue weighted by Gasteiger charge is 2.27. The number of benzene rings is 2. The molecule has 0 amide bonds. The highest BCUT2D eigenvalue weighted by Crippen LogP contribution is 2.36. The molecule has 2 aliphatic heterocycles. The van der Waals surface area contributed by atoms with Crippen molar-refractivity contribution in [2.75, 3.05) is 26.4 Å². The van der Waals surface area contributed by atoms with E-state index in [2.05, 4.69) is 5.32 Å². The maximum atomic E-state index is 14.1. The molecule has 1 N–H and O–H groups in total. The monoisotopic (exact) mass is 338 g/mol. The number of fused-ring (bicyclic) bond motifs is 1. The summed E-state index contributed by atoms with van der Waals surface area (Å²) in [6.07, 6.45) is -2.34. The lowest BCUT2D eigenvalue weighted by Gasteiger charge is -2.32. The number of rotatable bonds is 4. The minimum Gasteiger partial charge on any atom is -0.493 e. The Labute approximate surface area is 153 Å². The van der Waals surface area contributed by atoms with E-state index < -0.39 is 60.5 Å². The van der Waals surface area contributed by atoms with Crippen LogP contribution in [-0.2, 0) is 0 Å². The van der Waals surface area contributed by atoms with Crippen LogP contribution in [0.15, 0.2) is 42.4 Å². The van der Waals surface area contributed by atoms with Crippen LogP contribution in [0.25, 0.3) is 0 Å². The zero-order chi connectivity index (χ0) is 24.3. The molecule has 2 atom stereocenters. The molecule has 0 spiro atoms. The highest BCUT2D eigenvalue weighted by atomic mass is 19.1. The standard InChI is InChI=1S/C19H20FNO3/c20-15-3-1-13(2-4-15)17-7-8-21-10-14(17)11-22-16-5-6-18-19(9-16)24-12-23-18/h1-6,9,14,17,21H,7-8,10-12H2/t14?,17-/m0/s1/i1D,2D,3D,4D,7D2,12D2,17D. The number of hydrogen-bond donors (Lipinski definition) is 1. The molecule has 24 heavy (non-hydrogen) atoms. The van der Waals surface area contributed by atoms with Crippen molar-refractivity contribution in [2.45, 2.75) is 12.3 Å². The molecule has 1 unspecified atom stereocenters. The van der Waals surface area contributed by atoms with E-state index in [1.165, 1.54) is 18.2 Å². The zero-order valence-corrected chi connectivity index (χ0v) is 12.5. The molecule has 1 fully saturated rings. The van der Waals surface area contributed by atoms with Gasteiger partial charge < -0.3 is 19.5 Å². The number of piperidine rings is 1. The third kappa shape index (κ3) is 3.17. The van der Waals surface area contributed by atoms with Gasteiger partial charge in [-0.2, -0.15) is 0 Å². The van der Waals surface area contributed by atoms with Crippen LogP contribution in [0.2, 0.25) is 0 Å². The molecule has 0 aliphatic carbocycles. The molecule has 0 radical (unpaired) electrons. The fourth-order valence-corrected chi connectivity index (χ4v) is 2.57. The predicted molar refractivity (Wildman–Crippen MR) is 88.2 cm³/mol. The van der Waals surface area contributed by atoms with Crippen LogP contribution in [0.4, 0.5) is 4.39 Å². The van der Waals surface area contributed by atoms with Gasteiger partial charge in [-0.3, -0.25) is 0 Å². The van der Waals surface area contributed by atoms with E-state index in [1.54, 1.807) is 0 Å². The minimum atomic E-state index is -2.34. The number of nitrogens with one attached hydrogen (secondary N) is 1. The maximum absolute atomic E-state index is 14.1. The molecular formula is C19H20FNO3. The molecule has 4 nitrogen and oxygen atoms in total. The minimum absolute atomic E-state index is 0.0625. The Morgan fingerprint density at radius 1 is 1.29 bits per heavy atom. The van der Waals surface area contributed by atoms with Gasteiger partial charge in [0.05, 0.1) is 12.1 Å². The van der Waals surface area contributed by atoms with E-state index in [0.717, 1.165) is 0 Å². The van der Waals surface area contributed by atoms with Crippen LogP contribution in [-0.4, -0.2) is 26.4 Å². The van der Waals surface area contributed by atoms with Gasteiger partial charge in [0.25, 0.3) is 0 Å². The summed E-state index contributed by atoms with van der Waals surface area (Å²) in [6, 6.07) is 0.768. The lowest BCUT2D eigenvalue weighted by molar-refractivity contribution is 0.173. The van der Waals surface area contributed by atoms with E-state index in [4.69, 9.17) is 26.5 Å². The lowest BCUT2D eigenvalue weighted by atomic mass is 9.81. The Morgan fingerprint density at radius 3 is 3.00 bits per heavy atom. The summed E-state index contributed by atoms with van der Waals surface area (Å²) in [4.78, 5) is 0. The number of hydrogen-bond acceptors (Lipinski definition) is 4. The normalized spacial score (nSPS) is 35.0. The van der Waals surface area contributed by atoms with E-state index in [9.17, 15) is 4.39 Å². The van der Waals surface area contributed by atoms with Gasteiger partial charge >= 0.3 is 0 Å². The van der Waals surface area contributed by atoms with Crippen molar-refractivity contribution >= 4 is 0 Å². The second-order valence-electron chi connectivity index (χ2n) is 5.31. The van der Waals surface area contributed by atoms with Gasteiger partial charge in [0.2, 0.25) is 6.75 Å². The van der Waals surface area contributed by atoms with E-state index >= 15 is 0 Å². The van der Waals surface area contributed by atoms with Crippen LogP contribution in [0.1, 0.15) is 30.2 Å². The van der Waals surface area contributed by atoms with Gasteiger partial charge in [0.1, 0.15) is 14.3 Å². The largest absolute Gasteiger partial charge is 0.493 e. The lowest BCUT2D eigenvalue weighted by Crippen LogP contribution is -2.38. The first-order valence-electron chi connectivity index (χ1n) is 11.9. The van der Waals surface area contributed by atoms with Gasteiger partial charge in [-0.05, 0) is 48.6 Å². The predicted octanol–water partition coefficient (Wildman–Crippen LogP) is 3.33. The highest BCUT2D eigenvalue weighted by molar-refractivity contribution is 5.46. The Bertz CT molecular complexity index is 1090. The van der Waals surface area contributed by atoms with Gasteiger partial charge in [0, 0.05) is 22.6 Å². The Morgan fingerprint density at radius 2 is 2.12 bits per heavy atom. The Kier molecular flexibility index (Phi) is 2.29. The zero-order valence-electron chi connectivity index (χ0n) is 21.5. The second-order valence-corrected chi connectivity index (χ2v) is 5.31. The second kappa shape index (κ2) is 6.69. The number of ether oxygens (including phenoxy) is 3. The Balaban J connectivity index is 1.69. The molecule has 4 rings (SSSR count). The average molecular weight is 338 g/mol. The molecule has 0 saturated carbocycles. The van der Waals surface area contributed by atoms with Crippen molar-refractivity contribution in [3.8, 4) is 17.2 Å². The maximum Gasteiger partial charge on any atom is 0.231 e. The molecule has 2 aliphatic rings. The van der Waals surface area contributed by atoms with Crippen molar-refractivity contribution in [3.63, 3.8) is 0 Å².